The van der Waals surface area contributed by atoms with Gasteiger partial charge in [0.2, 0.25) is 0 Å². The summed E-state index contributed by atoms with van der Waals surface area (Å²) in [6, 6.07) is 13.7. The Kier molecular flexibility index (Phi) is 10.7. The number of hydrogen-bond donors (Lipinski definition) is 1. The molecular formula is C31H40N4O5. The number of carbonyl (C=O) groups is 4. The van der Waals surface area contributed by atoms with Crippen LogP contribution in [0, 0.1) is 22.3 Å². The molecule has 0 saturated carbocycles. The number of hydrogen-bond acceptors (Lipinski definition) is 7. The zero-order chi connectivity index (χ0) is 30.3. The molecule has 1 aliphatic rings. The molecule has 0 spiro atoms. The number of imide groups is 1. The zero-order valence-electron chi connectivity index (χ0n) is 24.6. The molecule has 1 heterocycles. The van der Waals surface area contributed by atoms with E-state index in [2.05, 4.69) is 26.1 Å². The molecule has 2 unspecified atom stereocenters. The molecule has 0 aliphatic carbocycles. The summed E-state index contributed by atoms with van der Waals surface area (Å²) in [5, 5.41) is 11.9. The largest absolute Gasteiger partial charge is 0.422 e. The summed E-state index contributed by atoms with van der Waals surface area (Å²) in [6.07, 6.45) is 1.93. The van der Waals surface area contributed by atoms with Gasteiger partial charge in [0.15, 0.2) is 6.29 Å². The van der Waals surface area contributed by atoms with Crippen molar-refractivity contribution in [2.75, 3.05) is 27.2 Å². The predicted molar refractivity (Wildman–Crippen MR) is 153 cm³/mol. The number of ether oxygens (including phenoxy) is 1. The topological polar surface area (TPSA) is 120 Å². The molecule has 2 atom stereocenters. The Morgan fingerprint density at radius 3 is 1.98 bits per heavy atom. The highest BCUT2D eigenvalue weighted by atomic mass is 16.5. The average Bonchev–Trinajstić information content (AvgIpc) is 3.14. The van der Waals surface area contributed by atoms with E-state index in [-0.39, 0.29) is 41.1 Å². The van der Waals surface area contributed by atoms with Crippen molar-refractivity contribution in [1.29, 1.82) is 5.26 Å². The third-order valence-electron chi connectivity index (χ3n) is 6.90. The number of aldehydes is 1. The maximum absolute atomic E-state index is 12.4. The molecule has 0 aromatic heterocycles. The zero-order valence-corrected chi connectivity index (χ0v) is 24.6. The fourth-order valence-corrected chi connectivity index (χ4v) is 4.27. The summed E-state index contributed by atoms with van der Waals surface area (Å²) in [5.74, 6) is -0.649. The van der Waals surface area contributed by atoms with Crippen LogP contribution in [0.25, 0.3) is 0 Å². The fourth-order valence-electron chi connectivity index (χ4n) is 4.27. The van der Waals surface area contributed by atoms with Crippen molar-refractivity contribution in [1.82, 2.24) is 15.1 Å². The van der Waals surface area contributed by atoms with Crippen molar-refractivity contribution in [3.8, 4) is 6.26 Å². The number of nitriles is 1. The van der Waals surface area contributed by atoms with Crippen molar-refractivity contribution in [3.63, 3.8) is 0 Å². The van der Waals surface area contributed by atoms with E-state index in [0.29, 0.717) is 35.1 Å². The monoisotopic (exact) mass is 548 g/mol. The van der Waals surface area contributed by atoms with Gasteiger partial charge in [0.25, 0.3) is 24.0 Å². The van der Waals surface area contributed by atoms with Gasteiger partial charge < -0.3 is 15.0 Å². The van der Waals surface area contributed by atoms with Crippen LogP contribution in [0.4, 0.5) is 0 Å². The molecule has 0 bridgehead atoms. The van der Waals surface area contributed by atoms with E-state index in [1.54, 1.807) is 61.8 Å². The lowest BCUT2D eigenvalue weighted by atomic mass is 9.86. The molecule has 2 aromatic carbocycles. The first-order valence-electron chi connectivity index (χ1n) is 13.1. The van der Waals surface area contributed by atoms with Crippen LogP contribution < -0.4 is 5.32 Å². The lowest BCUT2D eigenvalue weighted by Crippen LogP contribution is -2.48. The van der Waals surface area contributed by atoms with Gasteiger partial charge in [-0.2, -0.15) is 5.26 Å². The molecule has 1 aliphatic heterocycles. The molecule has 9 heteroatoms. The van der Waals surface area contributed by atoms with Gasteiger partial charge in [0.05, 0.1) is 23.2 Å². The van der Waals surface area contributed by atoms with E-state index in [4.69, 9.17) is 10.00 Å². The molecule has 3 amide bonds. The molecular weight excluding hydrogens is 508 g/mol. The molecule has 1 N–H and O–H groups in total. The van der Waals surface area contributed by atoms with Gasteiger partial charge >= 0.3 is 0 Å². The highest BCUT2D eigenvalue weighted by Gasteiger charge is 2.38. The summed E-state index contributed by atoms with van der Waals surface area (Å²) in [7, 11) is 3.48. The van der Waals surface area contributed by atoms with E-state index >= 15 is 0 Å². The van der Waals surface area contributed by atoms with Gasteiger partial charge in [0.1, 0.15) is 6.10 Å². The highest BCUT2D eigenvalue weighted by Crippen LogP contribution is 2.26. The minimum Gasteiger partial charge on any atom is -0.422 e. The van der Waals surface area contributed by atoms with Crippen molar-refractivity contribution >= 4 is 24.0 Å². The van der Waals surface area contributed by atoms with Crippen LogP contribution in [0.5, 0.6) is 0 Å². The van der Waals surface area contributed by atoms with Crippen molar-refractivity contribution in [2.24, 2.45) is 10.8 Å². The highest BCUT2D eigenvalue weighted by molar-refractivity contribution is 6.21. The van der Waals surface area contributed by atoms with Crippen molar-refractivity contribution in [3.05, 3.63) is 70.8 Å². The van der Waals surface area contributed by atoms with Crippen LogP contribution in [0.15, 0.2) is 48.5 Å². The lowest BCUT2D eigenvalue weighted by Gasteiger charge is -2.32. The van der Waals surface area contributed by atoms with E-state index in [9.17, 15) is 19.2 Å². The Hall–Kier alpha value is -4.03. The smallest absolute Gasteiger partial charge is 0.286 e. The van der Waals surface area contributed by atoms with E-state index in [1.807, 2.05) is 27.8 Å². The molecule has 40 heavy (non-hydrogen) atoms. The maximum Gasteiger partial charge on any atom is 0.286 e. The van der Waals surface area contributed by atoms with Crippen LogP contribution in [-0.4, -0.2) is 73.1 Å². The number of amides is 3. The minimum atomic E-state index is -0.417. The molecule has 0 radical (unpaired) electrons. The van der Waals surface area contributed by atoms with Gasteiger partial charge in [-0.3, -0.25) is 24.1 Å². The minimum absolute atomic E-state index is 0.0237. The second kappa shape index (κ2) is 13.4. The number of likely N-dealkylation sites (N-methyl/N-ethyl adjacent to an activating group) is 2. The summed E-state index contributed by atoms with van der Waals surface area (Å²) in [4.78, 5) is 50.8. The first kappa shape index (κ1) is 32.2. The molecule has 2 aromatic rings. The standard InChI is InChI=1S/C16H20N2O3.C15H20N2O2/c1-16(2,3)14(21-11-17)9-18(4)15(20)13-8-6-5-7-12(13)10-19;1-15(2,3)12(16-4)9-17-13(18)10-7-5-6-8-11(10)14(17)19/h5-8,10,14H,9H2,1-4H3;5-8,12,16H,9H2,1-4H3. The SMILES string of the molecule is CN(CC(OC#N)C(C)(C)C)C(=O)c1ccccc1C=O.CNC(CN1C(=O)c2ccccc2C1=O)C(C)(C)C. The Labute approximate surface area is 237 Å². The Bertz CT molecular complexity index is 1230. The van der Waals surface area contributed by atoms with Gasteiger partial charge in [-0.15, -0.1) is 0 Å². The number of carbonyl (C=O) groups excluding carboxylic acids is 4. The summed E-state index contributed by atoms with van der Waals surface area (Å²) in [6.45, 7) is 12.7. The molecule has 3 rings (SSSR count). The molecule has 9 nitrogen and oxygen atoms in total. The van der Waals surface area contributed by atoms with E-state index in [0.717, 1.165) is 0 Å². The van der Waals surface area contributed by atoms with Crippen molar-refractivity contribution < 1.29 is 23.9 Å². The third kappa shape index (κ3) is 7.76. The Morgan fingerprint density at radius 1 is 1.00 bits per heavy atom. The maximum atomic E-state index is 12.4. The predicted octanol–water partition coefficient (Wildman–Crippen LogP) is 4.40. The Morgan fingerprint density at radius 2 is 1.52 bits per heavy atom. The number of benzene rings is 2. The van der Waals surface area contributed by atoms with Crippen molar-refractivity contribution in [2.45, 2.75) is 53.7 Å². The first-order valence-corrected chi connectivity index (χ1v) is 13.1. The quantitative estimate of drug-likeness (QED) is 0.295. The molecule has 0 fully saturated rings. The second-order valence-electron chi connectivity index (χ2n) is 11.9. The van der Waals surface area contributed by atoms with Gasteiger partial charge in [0, 0.05) is 30.6 Å². The fraction of sp³-hybridized carbons (Fsp3) is 0.452. The van der Waals surface area contributed by atoms with Crippen LogP contribution in [0.3, 0.4) is 0 Å². The second-order valence-corrected chi connectivity index (χ2v) is 11.9. The number of fused-ring (bicyclic) bond motifs is 1. The van der Waals surface area contributed by atoms with Crippen LogP contribution in [-0.2, 0) is 4.74 Å². The molecule has 0 saturated heterocycles. The van der Waals surface area contributed by atoms with E-state index in [1.165, 1.54) is 9.80 Å². The Balaban J connectivity index is 0.000000281. The lowest BCUT2D eigenvalue weighted by molar-refractivity contribution is 0.0280. The first-order chi connectivity index (χ1) is 18.7. The van der Waals surface area contributed by atoms with Gasteiger partial charge in [-0.1, -0.05) is 71.9 Å². The average molecular weight is 549 g/mol. The summed E-state index contributed by atoms with van der Waals surface area (Å²) in [5.41, 5.74) is 1.41. The van der Waals surface area contributed by atoms with Crippen LogP contribution >= 0.6 is 0 Å². The summed E-state index contributed by atoms with van der Waals surface area (Å²) < 4.78 is 5.06. The van der Waals surface area contributed by atoms with Gasteiger partial charge in [-0.05, 0) is 30.7 Å². The van der Waals surface area contributed by atoms with Gasteiger partial charge in [-0.25, -0.2) is 0 Å². The number of nitrogens with one attached hydrogen (secondary N) is 1. The normalized spacial score (nSPS) is 14.3. The van der Waals surface area contributed by atoms with Crippen LogP contribution in [0.2, 0.25) is 0 Å². The third-order valence-corrected chi connectivity index (χ3v) is 6.90. The molecule has 214 valence electrons. The number of nitrogens with zero attached hydrogens (tertiary/aromatic N) is 3. The summed E-state index contributed by atoms with van der Waals surface area (Å²) >= 11 is 0. The van der Waals surface area contributed by atoms with E-state index < -0.39 is 6.10 Å². The number of rotatable bonds is 8. The van der Waals surface area contributed by atoms with Crippen LogP contribution in [0.1, 0.15) is 83.0 Å².